The zero-order valence-corrected chi connectivity index (χ0v) is 17.1. The summed E-state index contributed by atoms with van der Waals surface area (Å²) in [6.45, 7) is 3.03. The first kappa shape index (κ1) is 20.8. The molecule has 0 atom stereocenters. The molecule has 1 aromatic carbocycles. The molecule has 142 valence electrons. The van der Waals surface area contributed by atoms with E-state index in [0.717, 1.165) is 23.1 Å². The van der Waals surface area contributed by atoms with E-state index in [9.17, 15) is 13.2 Å². The molecule has 0 aliphatic carbocycles. The Kier molecular flexibility index (Phi) is 6.44. The summed E-state index contributed by atoms with van der Waals surface area (Å²) < 4.78 is 23.2. The number of aromatic nitrogens is 1. The van der Waals surface area contributed by atoms with Gasteiger partial charge in [-0.25, -0.2) is 13.4 Å². The van der Waals surface area contributed by atoms with Crippen LogP contribution in [0.3, 0.4) is 0 Å². The highest BCUT2D eigenvalue weighted by atomic mass is 35.5. The molecule has 0 radical (unpaired) electrons. The van der Waals surface area contributed by atoms with Gasteiger partial charge in [0.1, 0.15) is 0 Å². The molecule has 26 heavy (non-hydrogen) atoms. The summed E-state index contributed by atoms with van der Waals surface area (Å²) >= 11 is 1.30. The van der Waals surface area contributed by atoms with Crippen molar-refractivity contribution in [1.29, 1.82) is 0 Å². The van der Waals surface area contributed by atoms with Crippen LogP contribution in [-0.2, 0) is 14.6 Å². The number of piperidine rings is 1. The van der Waals surface area contributed by atoms with Crippen molar-refractivity contribution in [2.45, 2.75) is 24.5 Å². The fourth-order valence-electron chi connectivity index (χ4n) is 3.00. The van der Waals surface area contributed by atoms with Crippen molar-refractivity contribution in [2.24, 2.45) is 0 Å². The first-order chi connectivity index (χ1) is 11.8. The molecule has 2 N–H and O–H groups in total. The highest BCUT2D eigenvalue weighted by molar-refractivity contribution is 7.92. The van der Waals surface area contributed by atoms with E-state index in [-0.39, 0.29) is 25.2 Å². The van der Waals surface area contributed by atoms with Gasteiger partial charge in [-0.3, -0.25) is 4.79 Å². The Morgan fingerprint density at radius 2 is 1.85 bits per heavy atom. The van der Waals surface area contributed by atoms with Crippen molar-refractivity contribution < 1.29 is 13.2 Å². The van der Waals surface area contributed by atoms with E-state index >= 15 is 0 Å². The number of carbonyl (C=O) groups excluding carboxylic acids is 1. The molecule has 1 aliphatic rings. The highest BCUT2D eigenvalue weighted by Crippen LogP contribution is 2.31. The number of hydrogen-bond acceptors (Lipinski definition) is 6. The average molecular weight is 416 g/mol. The number of halogens is 1. The van der Waals surface area contributed by atoms with Crippen molar-refractivity contribution in [3.8, 4) is 11.3 Å². The van der Waals surface area contributed by atoms with Crippen molar-refractivity contribution in [2.75, 3.05) is 24.7 Å². The number of thiazole rings is 1. The molecule has 0 spiro atoms. The van der Waals surface area contributed by atoms with E-state index < -0.39 is 20.5 Å². The fraction of sp³-hybridized carbons (Fsp3) is 0.412. The molecule has 6 nitrogen and oxygen atoms in total. The third-order valence-corrected chi connectivity index (χ3v) is 7.38. The van der Waals surface area contributed by atoms with Gasteiger partial charge in [0.15, 0.2) is 19.7 Å². The van der Waals surface area contributed by atoms with Gasteiger partial charge in [-0.15, -0.1) is 23.7 Å². The summed E-state index contributed by atoms with van der Waals surface area (Å²) in [4.78, 5) is 17.2. The number of hydrogen-bond donors (Lipinski definition) is 2. The number of nitrogens with zero attached hydrogens (tertiary/aromatic N) is 1. The molecule has 1 aromatic heterocycles. The topological polar surface area (TPSA) is 88.2 Å². The molecule has 0 saturated carbocycles. The van der Waals surface area contributed by atoms with Gasteiger partial charge in [-0.1, -0.05) is 29.8 Å². The number of amides is 1. The van der Waals surface area contributed by atoms with E-state index in [2.05, 4.69) is 15.6 Å². The molecule has 1 amide bonds. The van der Waals surface area contributed by atoms with E-state index in [4.69, 9.17) is 0 Å². The van der Waals surface area contributed by atoms with Crippen LogP contribution in [0.5, 0.6) is 0 Å². The quantitative estimate of drug-likeness (QED) is 0.801. The maximum absolute atomic E-state index is 12.8. The summed E-state index contributed by atoms with van der Waals surface area (Å²) in [5.74, 6) is -0.485. The second-order valence-corrected chi connectivity index (χ2v) is 9.56. The predicted molar refractivity (Wildman–Crippen MR) is 108 cm³/mol. The number of anilines is 1. The smallest absolute Gasteiger partial charge is 0.247 e. The Morgan fingerprint density at radius 1 is 1.23 bits per heavy atom. The van der Waals surface area contributed by atoms with Crippen molar-refractivity contribution in [3.05, 3.63) is 35.2 Å². The molecular weight excluding hydrogens is 394 g/mol. The Labute approximate surface area is 163 Å². The zero-order chi connectivity index (χ0) is 18.1. The van der Waals surface area contributed by atoms with Gasteiger partial charge in [0.25, 0.3) is 0 Å². The minimum atomic E-state index is -3.53. The Bertz CT molecular complexity index is 873. The lowest BCUT2D eigenvalue weighted by molar-refractivity contribution is -0.119. The summed E-state index contributed by atoms with van der Waals surface area (Å²) in [6.07, 6.45) is 1.68. The van der Waals surface area contributed by atoms with Gasteiger partial charge >= 0.3 is 0 Å². The SMILES string of the molecule is Cc1ccc(-c2csc(NC(=O)C3(S(C)(=O)=O)CCNCC3)n2)cc1.Cl. The Balaban J connectivity index is 0.00000243. The molecule has 3 rings (SSSR count). The molecule has 0 unspecified atom stereocenters. The van der Waals surface area contributed by atoms with E-state index in [1.54, 1.807) is 0 Å². The van der Waals surface area contributed by atoms with Crippen LogP contribution in [0.15, 0.2) is 29.6 Å². The van der Waals surface area contributed by atoms with Crippen LogP contribution in [0.4, 0.5) is 5.13 Å². The lowest BCUT2D eigenvalue weighted by Crippen LogP contribution is -2.55. The molecular formula is C17H22ClN3O3S2. The summed E-state index contributed by atoms with van der Waals surface area (Å²) in [5.41, 5.74) is 2.88. The molecule has 0 bridgehead atoms. The van der Waals surface area contributed by atoms with Crippen LogP contribution in [0.1, 0.15) is 18.4 Å². The minimum absolute atomic E-state index is 0. The summed E-state index contributed by atoms with van der Waals surface area (Å²) in [6, 6.07) is 7.95. The number of nitrogens with one attached hydrogen (secondary N) is 2. The Morgan fingerprint density at radius 3 is 2.42 bits per heavy atom. The van der Waals surface area contributed by atoms with Gasteiger partial charge in [0.05, 0.1) is 5.69 Å². The first-order valence-electron chi connectivity index (χ1n) is 8.06. The average Bonchev–Trinajstić information content (AvgIpc) is 3.03. The third-order valence-electron chi connectivity index (χ3n) is 4.61. The van der Waals surface area contributed by atoms with Crippen LogP contribution in [-0.4, -0.2) is 43.4 Å². The second-order valence-electron chi connectivity index (χ2n) is 6.37. The molecule has 1 aliphatic heterocycles. The lowest BCUT2D eigenvalue weighted by atomic mass is 9.96. The van der Waals surface area contributed by atoms with Gasteiger partial charge in [0, 0.05) is 17.2 Å². The first-order valence-corrected chi connectivity index (χ1v) is 10.8. The third kappa shape index (κ3) is 4.09. The molecule has 1 fully saturated rings. The van der Waals surface area contributed by atoms with Gasteiger partial charge in [-0.05, 0) is 32.9 Å². The monoisotopic (exact) mass is 415 g/mol. The van der Waals surface area contributed by atoms with E-state index in [1.807, 2.05) is 36.6 Å². The second kappa shape index (κ2) is 8.04. The van der Waals surface area contributed by atoms with Gasteiger partial charge < -0.3 is 10.6 Å². The van der Waals surface area contributed by atoms with Crippen LogP contribution >= 0.6 is 23.7 Å². The molecule has 9 heteroatoms. The zero-order valence-electron chi connectivity index (χ0n) is 14.6. The molecule has 2 heterocycles. The summed E-state index contributed by atoms with van der Waals surface area (Å²) in [7, 11) is -3.53. The van der Waals surface area contributed by atoms with E-state index in [1.165, 1.54) is 11.3 Å². The summed E-state index contributed by atoms with van der Waals surface area (Å²) in [5, 5.41) is 8.10. The van der Waals surface area contributed by atoms with Crippen LogP contribution in [0, 0.1) is 6.92 Å². The number of rotatable bonds is 4. The van der Waals surface area contributed by atoms with Crippen molar-refractivity contribution >= 4 is 44.6 Å². The number of aryl methyl sites for hydroxylation is 1. The van der Waals surface area contributed by atoms with E-state index in [0.29, 0.717) is 18.2 Å². The minimum Gasteiger partial charge on any atom is -0.317 e. The van der Waals surface area contributed by atoms with Gasteiger partial charge in [-0.2, -0.15) is 0 Å². The molecule has 2 aromatic rings. The number of carbonyl (C=O) groups is 1. The van der Waals surface area contributed by atoms with Crippen LogP contribution in [0.25, 0.3) is 11.3 Å². The van der Waals surface area contributed by atoms with Crippen molar-refractivity contribution in [1.82, 2.24) is 10.3 Å². The number of sulfone groups is 1. The Hall–Kier alpha value is -1.48. The van der Waals surface area contributed by atoms with Crippen LogP contribution < -0.4 is 10.6 Å². The fourth-order valence-corrected chi connectivity index (χ4v) is 5.04. The maximum Gasteiger partial charge on any atom is 0.247 e. The lowest BCUT2D eigenvalue weighted by Gasteiger charge is -2.33. The standard InChI is InChI=1S/C17H21N3O3S2.ClH/c1-12-3-5-13(6-4-12)14-11-24-16(19-14)20-15(21)17(25(2,22)23)7-9-18-10-8-17;/h3-6,11,18H,7-10H2,1-2H3,(H,19,20,21);1H. The molecule has 1 saturated heterocycles. The normalized spacial score (nSPS) is 16.5. The maximum atomic E-state index is 12.8. The predicted octanol–water partition coefficient (Wildman–Crippen LogP) is 2.65. The number of benzene rings is 1. The highest BCUT2D eigenvalue weighted by Gasteiger charge is 2.48. The largest absolute Gasteiger partial charge is 0.317 e. The van der Waals surface area contributed by atoms with Crippen molar-refractivity contribution in [3.63, 3.8) is 0 Å². The van der Waals surface area contributed by atoms with Crippen LogP contribution in [0.2, 0.25) is 0 Å². The van der Waals surface area contributed by atoms with Gasteiger partial charge in [0.2, 0.25) is 5.91 Å².